The fourth-order valence-electron chi connectivity index (χ4n) is 2.32. The van der Waals surface area contributed by atoms with E-state index in [0.29, 0.717) is 0 Å². The van der Waals surface area contributed by atoms with E-state index in [2.05, 4.69) is 16.5 Å². The summed E-state index contributed by atoms with van der Waals surface area (Å²) in [5, 5.41) is 8.49. The van der Waals surface area contributed by atoms with Crippen molar-refractivity contribution in [2.75, 3.05) is 25.4 Å². The van der Waals surface area contributed by atoms with Crippen LogP contribution in [0.1, 0.15) is 39.0 Å². The van der Waals surface area contributed by atoms with Crippen molar-refractivity contribution in [3.05, 3.63) is 0 Å². The molecule has 0 bridgehead atoms. The highest BCUT2D eigenvalue weighted by Crippen LogP contribution is 2.12. The van der Waals surface area contributed by atoms with Gasteiger partial charge in [0.15, 0.2) is 0 Å². The van der Waals surface area contributed by atoms with Crippen LogP contribution in [0.3, 0.4) is 0 Å². The highest BCUT2D eigenvalue weighted by Gasteiger charge is 2.22. The molecule has 0 aliphatic carbocycles. The van der Waals surface area contributed by atoms with E-state index in [1.54, 1.807) is 0 Å². The van der Waals surface area contributed by atoms with Gasteiger partial charge in [-0.05, 0) is 45.3 Å². The molecule has 1 aliphatic heterocycles. The second kappa shape index (κ2) is 7.81. The second-order valence-corrected chi connectivity index (χ2v) is 6.92. The van der Waals surface area contributed by atoms with E-state index in [1.165, 1.54) is 0 Å². The van der Waals surface area contributed by atoms with Gasteiger partial charge in [-0.2, -0.15) is 0 Å². The van der Waals surface area contributed by atoms with Gasteiger partial charge in [-0.25, -0.2) is 13.1 Å². The highest BCUT2D eigenvalue weighted by molar-refractivity contribution is 7.89. The molecule has 1 saturated heterocycles. The average molecular weight is 292 g/mol. The van der Waals surface area contributed by atoms with E-state index in [9.17, 15) is 13.2 Å². The number of likely N-dealkylation sites (tertiary alicyclic amines) is 1. The van der Waals surface area contributed by atoms with Crippen molar-refractivity contribution in [2.45, 2.75) is 45.1 Å². The third kappa shape index (κ3) is 6.89. The van der Waals surface area contributed by atoms with Crippen LogP contribution in [0.2, 0.25) is 0 Å². The van der Waals surface area contributed by atoms with Gasteiger partial charge in [0.05, 0.1) is 5.75 Å². The van der Waals surface area contributed by atoms with Crippen LogP contribution in [0.15, 0.2) is 0 Å². The molecule has 0 aromatic carbocycles. The molecule has 19 heavy (non-hydrogen) atoms. The number of nitrogens with one attached hydrogen (secondary N) is 1. The number of hydrogen-bond acceptors (Lipinski definition) is 4. The lowest BCUT2D eigenvalue weighted by Gasteiger charge is -2.31. The number of carbonyl (C=O) groups is 1. The van der Waals surface area contributed by atoms with Gasteiger partial charge in [-0.1, -0.05) is 6.92 Å². The van der Waals surface area contributed by atoms with Crippen molar-refractivity contribution in [2.24, 2.45) is 0 Å². The fraction of sp³-hybridized carbons (Fsp3) is 0.917. The quantitative estimate of drug-likeness (QED) is 0.686. The van der Waals surface area contributed by atoms with Crippen molar-refractivity contribution >= 4 is 16.0 Å². The zero-order valence-corrected chi connectivity index (χ0v) is 12.3. The van der Waals surface area contributed by atoms with E-state index in [1.807, 2.05) is 0 Å². The number of nitrogens with zero attached hydrogens (tertiary/aromatic N) is 1. The Labute approximate surface area is 115 Å². The Morgan fingerprint density at radius 1 is 1.37 bits per heavy atom. The molecule has 0 aromatic rings. The average Bonchev–Trinajstić information content (AvgIpc) is 2.31. The summed E-state index contributed by atoms with van der Waals surface area (Å²) in [5.74, 6) is -1.06. The maximum atomic E-state index is 11.8. The minimum atomic E-state index is -3.34. The van der Waals surface area contributed by atoms with Gasteiger partial charge in [0, 0.05) is 12.5 Å². The molecule has 0 saturated carbocycles. The fourth-order valence-corrected chi connectivity index (χ4v) is 3.70. The van der Waals surface area contributed by atoms with Crippen LogP contribution in [0.4, 0.5) is 0 Å². The molecule has 0 aromatic heterocycles. The lowest BCUT2D eigenvalue weighted by molar-refractivity contribution is -0.137. The molecule has 112 valence electrons. The Bertz CT molecular complexity index is 375. The first kappa shape index (κ1) is 16.4. The number of aliphatic carboxylic acids is 1. The topological polar surface area (TPSA) is 86.7 Å². The molecule has 0 amide bonds. The maximum Gasteiger partial charge on any atom is 0.303 e. The second-order valence-electron chi connectivity index (χ2n) is 5.05. The number of piperidine rings is 1. The predicted molar refractivity (Wildman–Crippen MR) is 73.5 cm³/mol. The zero-order valence-electron chi connectivity index (χ0n) is 11.5. The normalized spacial score (nSPS) is 18.6. The Hall–Kier alpha value is -0.660. The largest absolute Gasteiger partial charge is 0.481 e. The third-order valence-corrected chi connectivity index (χ3v) is 4.80. The molecule has 0 unspecified atom stereocenters. The molecule has 0 spiro atoms. The molecule has 1 aliphatic rings. The monoisotopic (exact) mass is 292 g/mol. The maximum absolute atomic E-state index is 11.8. The van der Waals surface area contributed by atoms with Crippen LogP contribution in [0, 0.1) is 0 Å². The smallest absolute Gasteiger partial charge is 0.303 e. The third-order valence-electron chi connectivity index (χ3n) is 3.28. The lowest BCUT2D eigenvalue weighted by Crippen LogP contribution is -2.45. The van der Waals surface area contributed by atoms with Gasteiger partial charge in [-0.15, -0.1) is 0 Å². The summed E-state index contributed by atoms with van der Waals surface area (Å²) in [4.78, 5) is 12.7. The predicted octanol–water partition coefficient (Wildman–Crippen LogP) is 0.645. The number of hydrogen-bond donors (Lipinski definition) is 2. The van der Waals surface area contributed by atoms with Gasteiger partial charge in [-0.3, -0.25) is 4.79 Å². The molecule has 6 nitrogen and oxygen atoms in total. The lowest BCUT2D eigenvalue weighted by atomic mass is 10.1. The van der Waals surface area contributed by atoms with E-state index < -0.39 is 16.0 Å². The molecular weight excluding hydrogens is 268 g/mol. The summed E-state index contributed by atoms with van der Waals surface area (Å²) in [6.45, 7) is 5.06. The summed E-state index contributed by atoms with van der Waals surface area (Å²) >= 11 is 0. The molecule has 0 radical (unpaired) electrons. The Kier molecular flexibility index (Phi) is 6.74. The first-order valence-electron chi connectivity index (χ1n) is 6.87. The van der Waals surface area contributed by atoms with Gasteiger partial charge in [0.25, 0.3) is 0 Å². The van der Waals surface area contributed by atoms with Crippen LogP contribution in [0.5, 0.6) is 0 Å². The zero-order chi connectivity index (χ0) is 14.3. The van der Waals surface area contributed by atoms with Crippen LogP contribution in [0.25, 0.3) is 0 Å². The van der Waals surface area contributed by atoms with Crippen molar-refractivity contribution in [3.63, 3.8) is 0 Å². The van der Waals surface area contributed by atoms with Crippen LogP contribution in [-0.2, 0) is 14.8 Å². The molecular formula is C12H24N2O4S. The standard InChI is InChI=1S/C12H24N2O4S/c1-2-7-14-8-5-11(6-9-14)13-19(17,18)10-3-4-12(15)16/h11,13H,2-10H2,1H3,(H,15,16). The summed E-state index contributed by atoms with van der Waals surface area (Å²) in [5.41, 5.74) is 0. The van der Waals surface area contributed by atoms with Gasteiger partial charge < -0.3 is 10.0 Å². The van der Waals surface area contributed by atoms with E-state index >= 15 is 0 Å². The number of sulfonamides is 1. The van der Waals surface area contributed by atoms with Crippen LogP contribution in [-0.4, -0.2) is 55.8 Å². The molecule has 1 rings (SSSR count). The SMILES string of the molecule is CCCN1CCC(NS(=O)(=O)CCCC(=O)O)CC1. The van der Waals surface area contributed by atoms with Gasteiger partial charge >= 0.3 is 5.97 Å². The van der Waals surface area contributed by atoms with E-state index in [-0.39, 0.29) is 24.6 Å². The molecule has 7 heteroatoms. The molecule has 0 atom stereocenters. The molecule has 1 heterocycles. The van der Waals surface area contributed by atoms with Gasteiger partial charge in [0.1, 0.15) is 0 Å². The van der Waals surface area contributed by atoms with E-state index in [4.69, 9.17) is 5.11 Å². The summed E-state index contributed by atoms with van der Waals surface area (Å²) in [6.07, 6.45) is 2.84. The number of carboxylic acids is 1. The van der Waals surface area contributed by atoms with Crippen molar-refractivity contribution in [1.82, 2.24) is 9.62 Å². The number of carboxylic acid groups (broad SMARTS) is 1. The highest BCUT2D eigenvalue weighted by atomic mass is 32.2. The van der Waals surface area contributed by atoms with Crippen molar-refractivity contribution < 1.29 is 18.3 Å². The minimum Gasteiger partial charge on any atom is -0.481 e. The van der Waals surface area contributed by atoms with Crippen LogP contribution < -0.4 is 4.72 Å². The first-order chi connectivity index (χ1) is 8.93. The van der Waals surface area contributed by atoms with Crippen molar-refractivity contribution in [3.8, 4) is 0 Å². The number of rotatable bonds is 8. The summed E-state index contributed by atoms with van der Waals surface area (Å²) < 4.78 is 26.2. The Morgan fingerprint density at radius 2 is 2.00 bits per heavy atom. The van der Waals surface area contributed by atoms with Gasteiger partial charge in [0.2, 0.25) is 10.0 Å². The minimum absolute atomic E-state index is 0.00272. The first-order valence-corrected chi connectivity index (χ1v) is 8.52. The van der Waals surface area contributed by atoms with E-state index in [0.717, 1.165) is 38.9 Å². The summed E-state index contributed by atoms with van der Waals surface area (Å²) in [6, 6.07) is 0.00272. The summed E-state index contributed by atoms with van der Waals surface area (Å²) in [7, 11) is -3.34. The molecule has 1 fully saturated rings. The molecule has 2 N–H and O–H groups in total. The van der Waals surface area contributed by atoms with Crippen molar-refractivity contribution in [1.29, 1.82) is 0 Å². The van der Waals surface area contributed by atoms with Crippen LogP contribution >= 0.6 is 0 Å². The Morgan fingerprint density at radius 3 is 2.53 bits per heavy atom. The Balaban J connectivity index is 2.28.